The molecule has 0 radical (unpaired) electrons. The summed E-state index contributed by atoms with van der Waals surface area (Å²) in [6.45, 7) is 2.48. The van der Waals surface area contributed by atoms with Gasteiger partial charge in [0.2, 0.25) is 11.8 Å². The molecule has 7 heteroatoms. The van der Waals surface area contributed by atoms with Crippen LogP contribution in [0.5, 0.6) is 0 Å². The molecule has 164 valence electrons. The summed E-state index contributed by atoms with van der Waals surface area (Å²) in [6.07, 6.45) is 0.768. The summed E-state index contributed by atoms with van der Waals surface area (Å²) in [6, 6.07) is 12.3. The second kappa shape index (κ2) is 8.58. The summed E-state index contributed by atoms with van der Waals surface area (Å²) in [5.74, 6) is -3.20. The fourth-order valence-corrected chi connectivity index (χ4v) is 4.52. The molecule has 1 atom stereocenters. The van der Waals surface area contributed by atoms with Crippen LogP contribution in [0.4, 0.5) is 14.5 Å². The Kier molecular flexibility index (Phi) is 6.02. The van der Waals surface area contributed by atoms with Crippen molar-refractivity contribution >= 4 is 29.1 Å². The van der Waals surface area contributed by atoms with Gasteiger partial charge in [-0.2, -0.15) is 0 Å². The highest BCUT2D eigenvalue weighted by Crippen LogP contribution is 2.39. The van der Waals surface area contributed by atoms with Gasteiger partial charge in [0.15, 0.2) is 0 Å². The Hall–Kier alpha value is -2.47. The highest BCUT2D eigenvalue weighted by atomic mass is 35.5. The molecule has 1 aliphatic heterocycles. The van der Waals surface area contributed by atoms with Crippen molar-refractivity contribution in [1.82, 2.24) is 5.32 Å². The summed E-state index contributed by atoms with van der Waals surface area (Å²) >= 11 is 5.88. The quantitative estimate of drug-likeness (QED) is 0.669. The summed E-state index contributed by atoms with van der Waals surface area (Å²) in [5, 5.41) is 3.56. The number of anilines is 1. The molecule has 1 fully saturated rings. The van der Waals surface area contributed by atoms with Crippen molar-refractivity contribution in [3.05, 3.63) is 64.2 Å². The van der Waals surface area contributed by atoms with Gasteiger partial charge in [0.25, 0.3) is 5.91 Å². The Bertz CT molecular complexity index is 984. The number of halogens is 3. The van der Waals surface area contributed by atoms with Gasteiger partial charge in [-0.25, -0.2) is 8.78 Å². The van der Waals surface area contributed by atoms with E-state index in [1.54, 1.807) is 29.2 Å². The standard InChI is InChI=1S/C24H25ClF2N2O2/c1-15(28-22(30)16-2-5-20(25)6-3-16)18-4-7-21-19(14-18)10-13-29(21)23(31)17-8-11-24(26,27)12-9-17/h2-7,14-15,17H,8-13H2,1H3,(H,28,30)/t15-/m1/s1. The Morgan fingerprint density at radius 3 is 2.48 bits per heavy atom. The number of rotatable bonds is 4. The smallest absolute Gasteiger partial charge is 0.251 e. The van der Waals surface area contributed by atoms with Gasteiger partial charge >= 0.3 is 0 Å². The normalized spacial score (nSPS) is 19.0. The van der Waals surface area contributed by atoms with Gasteiger partial charge in [-0.15, -0.1) is 0 Å². The molecular formula is C24H25ClF2N2O2. The number of carbonyl (C=O) groups excluding carboxylic acids is 2. The largest absolute Gasteiger partial charge is 0.346 e. The lowest BCUT2D eigenvalue weighted by molar-refractivity contribution is -0.126. The number of amides is 2. The first-order valence-corrected chi connectivity index (χ1v) is 11.0. The zero-order chi connectivity index (χ0) is 22.2. The maximum absolute atomic E-state index is 13.4. The highest BCUT2D eigenvalue weighted by molar-refractivity contribution is 6.30. The van der Waals surface area contributed by atoms with E-state index >= 15 is 0 Å². The Labute approximate surface area is 185 Å². The van der Waals surface area contributed by atoms with Gasteiger partial charge in [0.1, 0.15) is 0 Å². The van der Waals surface area contributed by atoms with Crippen molar-refractivity contribution in [3.63, 3.8) is 0 Å². The Morgan fingerprint density at radius 1 is 1.13 bits per heavy atom. The minimum atomic E-state index is -2.64. The van der Waals surface area contributed by atoms with Crippen LogP contribution in [0.25, 0.3) is 0 Å². The molecule has 1 N–H and O–H groups in total. The van der Waals surface area contributed by atoms with E-state index in [-0.39, 0.29) is 49.5 Å². The van der Waals surface area contributed by atoms with E-state index < -0.39 is 5.92 Å². The van der Waals surface area contributed by atoms with E-state index in [1.165, 1.54) is 0 Å². The van der Waals surface area contributed by atoms with E-state index in [0.717, 1.165) is 23.2 Å². The lowest BCUT2D eigenvalue weighted by atomic mass is 9.86. The zero-order valence-electron chi connectivity index (χ0n) is 17.3. The summed E-state index contributed by atoms with van der Waals surface area (Å²) in [7, 11) is 0. The molecule has 2 amide bonds. The predicted octanol–water partition coefficient (Wildman–Crippen LogP) is 5.55. The zero-order valence-corrected chi connectivity index (χ0v) is 18.1. The van der Waals surface area contributed by atoms with E-state index in [1.807, 2.05) is 25.1 Å². The first-order valence-electron chi connectivity index (χ1n) is 10.6. The van der Waals surface area contributed by atoms with Crippen LogP contribution in [-0.2, 0) is 11.2 Å². The molecule has 2 aromatic rings. The van der Waals surface area contributed by atoms with Crippen LogP contribution in [0, 0.1) is 5.92 Å². The van der Waals surface area contributed by atoms with E-state index in [9.17, 15) is 18.4 Å². The maximum Gasteiger partial charge on any atom is 0.251 e. The molecule has 4 nitrogen and oxygen atoms in total. The molecule has 0 bridgehead atoms. The molecule has 0 spiro atoms. The average molecular weight is 447 g/mol. The number of fused-ring (bicyclic) bond motifs is 1. The van der Waals surface area contributed by atoms with Gasteiger partial charge in [-0.05, 0) is 67.6 Å². The topological polar surface area (TPSA) is 49.4 Å². The molecule has 4 rings (SSSR count). The van der Waals surface area contributed by atoms with Gasteiger partial charge in [-0.3, -0.25) is 9.59 Å². The van der Waals surface area contributed by atoms with E-state index in [2.05, 4.69) is 5.32 Å². The average Bonchev–Trinajstić information content (AvgIpc) is 3.17. The van der Waals surface area contributed by atoms with Crippen LogP contribution < -0.4 is 10.2 Å². The maximum atomic E-state index is 13.4. The molecular weight excluding hydrogens is 422 g/mol. The number of benzene rings is 2. The molecule has 2 aromatic carbocycles. The molecule has 0 unspecified atom stereocenters. The van der Waals surface area contributed by atoms with E-state index in [0.29, 0.717) is 17.1 Å². The van der Waals surface area contributed by atoms with Gasteiger partial charge in [0, 0.05) is 41.6 Å². The number of hydrogen-bond donors (Lipinski definition) is 1. The van der Waals surface area contributed by atoms with Crippen LogP contribution in [0.2, 0.25) is 5.02 Å². The molecule has 31 heavy (non-hydrogen) atoms. The monoisotopic (exact) mass is 446 g/mol. The third-order valence-electron chi connectivity index (χ3n) is 6.29. The van der Waals surface area contributed by atoms with Crippen LogP contribution in [0.1, 0.15) is 60.1 Å². The minimum Gasteiger partial charge on any atom is -0.346 e. The second-order valence-corrected chi connectivity index (χ2v) is 8.90. The molecule has 0 saturated heterocycles. The second-order valence-electron chi connectivity index (χ2n) is 8.46. The summed E-state index contributed by atoms with van der Waals surface area (Å²) < 4.78 is 26.9. The van der Waals surface area contributed by atoms with Crippen molar-refractivity contribution < 1.29 is 18.4 Å². The van der Waals surface area contributed by atoms with Crippen LogP contribution in [0.15, 0.2) is 42.5 Å². The number of nitrogens with zero attached hydrogens (tertiary/aromatic N) is 1. The molecule has 1 aliphatic carbocycles. The number of nitrogens with one attached hydrogen (secondary N) is 1. The van der Waals surface area contributed by atoms with Gasteiger partial charge in [-0.1, -0.05) is 23.7 Å². The molecule has 1 saturated carbocycles. The Balaban J connectivity index is 1.42. The predicted molar refractivity (Wildman–Crippen MR) is 117 cm³/mol. The molecule has 0 aromatic heterocycles. The third-order valence-corrected chi connectivity index (χ3v) is 6.54. The first kappa shape index (κ1) is 21.8. The fraction of sp³-hybridized carbons (Fsp3) is 0.417. The third kappa shape index (κ3) is 4.74. The number of hydrogen-bond acceptors (Lipinski definition) is 2. The van der Waals surface area contributed by atoms with Crippen LogP contribution >= 0.6 is 11.6 Å². The van der Waals surface area contributed by atoms with Crippen molar-refractivity contribution in [2.45, 2.75) is 51.0 Å². The fourth-order valence-electron chi connectivity index (χ4n) is 4.39. The Morgan fingerprint density at radius 2 is 1.81 bits per heavy atom. The SMILES string of the molecule is C[C@@H](NC(=O)c1ccc(Cl)cc1)c1ccc2c(c1)CCN2C(=O)C1CCC(F)(F)CC1. The summed E-state index contributed by atoms with van der Waals surface area (Å²) in [5.41, 5.74) is 3.38. The van der Waals surface area contributed by atoms with E-state index in [4.69, 9.17) is 11.6 Å². The van der Waals surface area contributed by atoms with Crippen LogP contribution in [0.3, 0.4) is 0 Å². The number of alkyl halides is 2. The molecule has 2 aliphatic rings. The van der Waals surface area contributed by atoms with Crippen molar-refractivity contribution in [1.29, 1.82) is 0 Å². The summed E-state index contributed by atoms with van der Waals surface area (Å²) in [4.78, 5) is 27.1. The van der Waals surface area contributed by atoms with Crippen LogP contribution in [-0.4, -0.2) is 24.3 Å². The van der Waals surface area contributed by atoms with Crippen molar-refractivity contribution in [2.24, 2.45) is 5.92 Å². The molecule has 1 heterocycles. The lowest BCUT2D eigenvalue weighted by Crippen LogP contribution is -2.38. The number of carbonyl (C=O) groups is 2. The highest BCUT2D eigenvalue weighted by Gasteiger charge is 2.39. The van der Waals surface area contributed by atoms with Crippen molar-refractivity contribution in [2.75, 3.05) is 11.4 Å². The van der Waals surface area contributed by atoms with Crippen molar-refractivity contribution in [3.8, 4) is 0 Å². The minimum absolute atomic E-state index is 0.0499. The van der Waals surface area contributed by atoms with Gasteiger partial charge in [0.05, 0.1) is 6.04 Å². The van der Waals surface area contributed by atoms with Gasteiger partial charge < -0.3 is 10.2 Å². The first-order chi connectivity index (χ1) is 14.7. The lowest BCUT2D eigenvalue weighted by Gasteiger charge is -2.30.